The molecule has 1 aliphatic carbocycles. The highest BCUT2D eigenvalue weighted by atomic mass is 79.9. The molecule has 1 heterocycles. The maximum absolute atomic E-state index is 12.9. The normalized spacial score (nSPS) is 16.0. The Morgan fingerprint density at radius 3 is 2.67 bits per heavy atom. The Bertz CT molecular complexity index is 656. The minimum Gasteiger partial charge on any atom is -0.450 e. The molecular formula is C17H20BrNO2. The van der Waals surface area contributed by atoms with Crippen LogP contribution in [-0.2, 0) is 0 Å². The van der Waals surface area contributed by atoms with Crippen molar-refractivity contribution in [3.05, 3.63) is 34.5 Å². The first-order valence-corrected chi connectivity index (χ1v) is 8.38. The molecule has 1 aliphatic rings. The first-order valence-electron chi connectivity index (χ1n) is 7.58. The van der Waals surface area contributed by atoms with Crippen LogP contribution >= 0.6 is 15.9 Å². The van der Waals surface area contributed by atoms with Crippen molar-refractivity contribution in [1.29, 1.82) is 0 Å². The Labute approximate surface area is 133 Å². The summed E-state index contributed by atoms with van der Waals surface area (Å²) in [5.74, 6) is 0.456. The first-order chi connectivity index (χ1) is 10.1. The van der Waals surface area contributed by atoms with E-state index >= 15 is 0 Å². The third-order valence-electron chi connectivity index (χ3n) is 4.22. The van der Waals surface area contributed by atoms with Gasteiger partial charge < -0.3 is 9.32 Å². The molecule has 0 unspecified atom stereocenters. The zero-order chi connectivity index (χ0) is 15.0. The van der Waals surface area contributed by atoms with Gasteiger partial charge in [0.1, 0.15) is 5.58 Å². The number of hydrogen-bond acceptors (Lipinski definition) is 2. The molecule has 3 nitrogen and oxygen atoms in total. The first kappa shape index (κ1) is 14.6. The van der Waals surface area contributed by atoms with Crippen molar-refractivity contribution in [2.24, 2.45) is 0 Å². The molecule has 0 saturated heterocycles. The van der Waals surface area contributed by atoms with E-state index in [2.05, 4.69) is 29.8 Å². The molecule has 2 aromatic rings. The van der Waals surface area contributed by atoms with Crippen molar-refractivity contribution >= 4 is 32.8 Å². The Balaban J connectivity index is 1.95. The van der Waals surface area contributed by atoms with Crippen molar-refractivity contribution in [2.75, 3.05) is 0 Å². The molecule has 0 spiro atoms. The Morgan fingerprint density at radius 1 is 1.33 bits per heavy atom. The van der Waals surface area contributed by atoms with Crippen LogP contribution in [0.5, 0.6) is 0 Å². The fourth-order valence-corrected chi connectivity index (χ4v) is 3.73. The molecule has 1 saturated carbocycles. The van der Waals surface area contributed by atoms with E-state index in [1.54, 1.807) is 0 Å². The van der Waals surface area contributed by atoms with Gasteiger partial charge in [-0.1, -0.05) is 25.0 Å². The molecule has 0 N–H and O–H groups in total. The van der Waals surface area contributed by atoms with Gasteiger partial charge in [-0.2, -0.15) is 0 Å². The third-order valence-corrected chi connectivity index (χ3v) is 4.84. The molecule has 112 valence electrons. The highest BCUT2D eigenvalue weighted by Crippen LogP contribution is 2.30. The number of rotatable bonds is 3. The maximum Gasteiger partial charge on any atom is 0.290 e. The quantitative estimate of drug-likeness (QED) is 0.782. The lowest BCUT2D eigenvalue weighted by Gasteiger charge is -2.32. The van der Waals surface area contributed by atoms with Gasteiger partial charge in [0.05, 0.1) is 4.47 Å². The molecule has 0 bridgehead atoms. The van der Waals surface area contributed by atoms with E-state index in [-0.39, 0.29) is 11.9 Å². The van der Waals surface area contributed by atoms with E-state index in [1.165, 1.54) is 12.8 Å². The Hall–Kier alpha value is -1.29. The lowest BCUT2D eigenvalue weighted by atomic mass is 10.1. The number of hydrogen-bond donors (Lipinski definition) is 0. The number of halogens is 1. The topological polar surface area (TPSA) is 33.5 Å². The Morgan fingerprint density at radius 2 is 2.05 bits per heavy atom. The fourth-order valence-electron chi connectivity index (χ4n) is 3.26. The zero-order valence-electron chi connectivity index (χ0n) is 12.4. The van der Waals surface area contributed by atoms with E-state index in [1.807, 2.05) is 29.2 Å². The van der Waals surface area contributed by atoms with Crippen LogP contribution in [0.2, 0.25) is 0 Å². The molecular weight excluding hydrogens is 330 g/mol. The van der Waals surface area contributed by atoms with Gasteiger partial charge in [0.25, 0.3) is 5.91 Å². The van der Waals surface area contributed by atoms with Gasteiger partial charge in [0, 0.05) is 17.5 Å². The van der Waals surface area contributed by atoms with Crippen LogP contribution in [-0.4, -0.2) is 22.9 Å². The zero-order valence-corrected chi connectivity index (χ0v) is 14.0. The van der Waals surface area contributed by atoms with Crippen LogP contribution in [0, 0.1) is 0 Å². The molecule has 21 heavy (non-hydrogen) atoms. The largest absolute Gasteiger partial charge is 0.450 e. The van der Waals surface area contributed by atoms with E-state index in [9.17, 15) is 4.79 Å². The number of para-hydroxylation sites is 1. The SMILES string of the molecule is CC(C)N(C(=O)c1cc2cccc(Br)c2o1)C1CCCC1. The van der Waals surface area contributed by atoms with E-state index in [4.69, 9.17) is 4.42 Å². The summed E-state index contributed by atoms with van der Waals surface area (Å²) < 4.78 is 6.70. The maximum atomic E-state index is 12.9. The van der Waals surface area contributed by atoms with Gasteiger partial charge in [-0.05, 0) is 54.8 Å². The van der Waals surface area contributed by atoms with Crippen LogP contribution in [0.25, 0.3) is 11.0 Å². The average molecular weight is 350 g/mol. The summed E-state index contributed by atoms with van der Waals surface area (Å²) >= 11 is 3.47. The average Bonchev–Trinajstić information content (AvgIpc) is 3.07. The predicted molar refractivity (Wildman–Crippen MR) is 87.5 cm³/mol. The molecule has 1 aromatic heterocycles. The molecule has 0 atom stereocenters. The molecule has 1 fully saturated rings. The second-order valence-corrected chi connectivity index (χ2v) is 6.87. The number of nitrogens with zero attached hydrogens (tertiary/aromatic N) is 1. The van der Waals surface area contributed by atoms with Crippen molar-refractivity contribution in [1.82, 2.24) is 4.90 Å². The molecule has 1 aromatic carbocycles. The number of fused-ring (bicyclic) bond motifs is 1. The number of amides is 1. The van der Waals surface area contributed by atoms with Crippen LogP contribution in [0.15, 0.2) is 33.2 Å². The van der Waals surface area contributed by atoms with Gasteiger partial charge in [-0.15, -0.1) is 0 Å². The predicted octanol–water partition coefficient (Wildman–Crippen LogP) is 4.99. The molecule has 0 radical (unpaired) electrons. The second-order valence-electron chi connectivity index (χ2n) is 6.01. The van der Waals surface area contributed by atoms with Crippen LogP contribution in [0.3, 0.4) is 0 Å². The molecule has 3 rings (SSSR count). The lowest BCUT2D eigenvalue weighted by molar-refractivity contribution is 0.0582. The van der Waals surface area contributed by atoms with Crippen LogP contribution in [0.1, 0.15) is 50.1 Å². The molecule has 4 heteroatoms. The fraction of sp³-hybridized carbons (Fsp3) is 0.471. The third kappa shape index (κ3) is 2.73. The van der Waals surface area contributed by atoms with Crippen molar-refractivity contribution < 1.29 is 9.21 Å². The minimum atomic E-state index is 0.0139. The van der Waals surface area contributed by atoms with Gasteiger partial charge in [0.2, 0.25) is 0 Å². The van der Waals surface area contributed by atoms with Gasteiger partial charge >= 0.3 is 0 Å². The number of benzene rings is 1. The summed E-state index contributed by atoms with van der Waals surface area (Å²) in [5, 5.41) is 0.961. The standard InChI is InChI=1S/C17H20BrNO2/c1-11(2)19(13-7-3-4-8-13)17(20)15-10-12-6-5-9-14(18)16(12)21-15/h5-6,9-11,13H,3-4,7-8H2,1-2H3. The summed E-state index contributed by atoms with van der Waals surface area (Å²) in [4.78, 5) is 14.9. The molecule has 1 amide bonds. The van der Waals surface area contributed by atoms with Crippen LogP contribution < -0.4 is 0 Å². The van der Waals surface area contributed by atoms with Gasteiger partial charge in [-0.3, -0.25) is 4.79 Å². The van der Waals surface area contributed by atoms with Crippen molar-refractivity contribution in [3.8, 4) is 0 Å². The summed E-state index contributed by atoms with van der Waals surface area (Å²) in [6.45, 7) is 4.16. The molecule has 0 aliphatic heterocycles. The summed E-state index contributed by atoms with van der Waals surface area (Å²) in [6.07, 6.45) is 4.64. The summed E-state index contributed by atoms with van der Waals surface area (Å²) in [6, 6.07) is 8.25. The van der Waals surface area contributed by atoms with E-state index in [0.717, 1.165) is 28.3 Å². The number of carbonyl (C=O) groups excluding carboxylic acids is 1. The highest BCUT2D eigenvalue weighted by Gasteiger charge is 2.31. The monoisotopic (exact) mass is 349 g/mol. The minimum absolute atomic E-state index is 0.0139. The smallest absolute Gasteiger partial charge is 0.290 e. The van der Waals surface area contributed by atoms with Crippen LogP contribution in [0.4, 0.5) is 0 Å². The van der Waals surface area contributed by atoms with E-state index in [0.29, 0.717) is 11.8 Å². The van der Waals surface area contributed by atoms with Gasteiger partial charge in [0.15, 0.2) is 5.76 Å². The summed E-state index contributed by atoms with van der Waals surface area (Å²) in [5.41, 5.74) is 0.746. The number of carbonyl (C=O) groups is 1. The van der Waals surface area contributed by atoms with Crippen molar-refractivity contribution in [2.45, 2.75) is 51.6 Å². The lowest BCUT2D eigenvalue weighted by Crippen LogP contribution is -2.43. The van der Waals surface area contributed by atoms with Gasteiger partial charge in [-0.25, -0.2) is 0 Å². The highest BCUT2D eigenvalue weighted by molar-refractivity contribution is 9.10. The Kier molecular flexibility index (Phi) is 4.07. The summed E-state index contributed by atoms with van der Waals surface area (Å²) in [7, 11) is 0. The van der Waals surface area contributed by atoms with E-state index < -0.39 is 0 Å². The number of furan rings is 1. The van der Waals surface area contributed by atoms with Crippen molar-refractivity contribution in [3.63, 3.8) is 0 Å². The second kappa shape index (κ2) is 5.84.